The van der Waals surface area contributed by atoms with Crippen molar-refractivity contribution in [1.82, 2.24) is 9.19 Å². The van der Waals surface area contributed by atoms with Crippen molar-refractivity contribution >= 4 is 31.4 Å². The lowest BCUT2D eigenvalue weighted by Gasteiger charge is -2.19. The molecule has 0 saturated heterocycles. The third kappa shape index (κ3) is 3.53. The number of nitrogens with two attached hydrogens (primary N) is 2. The Kier molecular flexibility index (Phi) is 4.28. The first kappa shape index (κ1) is 17.1. The molecular weight excluding hydrogens is 356 g/mol. The predicted octanol–water partition coefficient (Wildman–Crippen LogP) is 0.718. The first-order valence-corrected chi connectivity index (χ1v) is 10.4. The van der Waals surface area contributed by atoms with Gasteiger partial charge in [0.25, 0.3) is 0 Å². The van der Waals surface area contributed by atoms with E-state index >= 15 is 0 Å². The van der Waals surface area contributed by atoms with Crippen molar-refractivity contribution in [3.05, 3.63) is 23.9 Å². The lowest BCUT2D eigenvalue weighted by Crippen LogP contribution is -2.23. The van der Waals surface area contributed by atoms with Crippen LogP contribution in [0.2, 0.25) is 0 Å². The number of fused-ring (bicyclic) bond motifs is 1. The third-order valence-electron chi connectivity index (χ3n) is 4.10. The van der Waals surface area contributed by atoms with Gasteiger partial charge in [0.2, 0.25) is 0 Å². The first-order chi connectivity index (χ1) is 11.1. The van der Waals surface area contributed by atoms with Crippen LogP contribution < -0.4 is 14.5 Å². The van der Waals surface area contributed by atoms with Crippen molar-refractivity contribution in [2.75, 3.05) is 0 Å². The van der Waals surface area contributed by atoms with E-state index in [0.29, 0.717) is 15.2 Å². The topological polar surface area (TPSA) is 147 Å². The van der Waals surface area contributed by atoms with Gasteiger partial charge in [0.15, 0.2) is 0 Å². The van der Waals surface area contributed by atoms with Crippen LogP contribution in [0.1, 0.15) is 43.7 Å². The highest BCUT2D eigenvalue weighted by molar-refractivity contribution is 7.87. The smallest absolute Gasteiger partial charge is 0.371 e. The second-order valence-electron chi connectivity index (χ2n) is 5.86. The molecule has 24 heavy (non-hydrogen) atoms. The molecule has 11 heteroatoms. The molecule has 1 aromatic carbocycles. The van der Waals surface area contributed by atoms with Gasteiger partial charge in [-0.05, 0) is 25.0 Å². The van der Waals surface area contributed by atoms with Gasteiger partial charge in [0.05, 0.1) is 11.2 Å². The summed E-state index contributed by atoms with van der Waals surface area (Å²) in [6.07, 6.45) is 5.11. The minimum Gasteiger partial charge on any atom is -0.371 e. The maximum atomic E-state index is 11.8. The highest BCUT2D eigenvalue weighted by atomic mass is 32.2. The zero-order valence-corrected chi connectivity index (χ0v) is 14.4. The van der Waals surface area contributed by atoms with E-state index in [0.717, 1.165) is 32.1 Å². The molecule has 1 fully saturated rings. The van der Waals surface area contributed by atoms with Crippen LogP contribution in [0.4, 0.5) is 0 Å². The van der Waals surface area contributed by atoms with E-state index in [9.17, 15) is 16.8 Å². The van der Waals surface area contributed by atoms with Crippen molar-refractivity contribution in [2.45, 2.75) is 38.0 Å². The van der Waals surface area contributed by atoms with E-state index < -0.39 is 20.5 Å². The van der Waals surface area contributed by atoms with Gasteiger partial charge in [0, 0.05) is 17.4 Å². The molecule has 0 bridgehead atoms. The lowest BCUT2D eigenvalue weighted by molar-refractivity contribution is 0.437. The van der Waals surface area contributed by atoms with Gasteiger partial charge in [-0.25, -0.2) is 5.14 Å². The molecule has 0 aliphatic heterocycles. The largest absolute Gasteiger partial charge is 0.380 e. The second kappa shape index (κ2) is 5.99. The molecule has 0 radical (unpaired) electrons. The van der Waals surface area contributed by atoms with Crippen LogP contribution in [0.5, 0.6) is 5.75 Å². The Labute approximate surface area is 140 Å². The minimum absolute atomic E-state index is 0.106. The van der Waals surface area contributed by atoms with Crippen molar-refractivity contribution < 1.29 is 21.0 Å². The lowest BCUT2D eigenvalue weighted by atomic mass is 9.86. The van der Waals surface area contributed by atoms with Crippen molar-refractivity contribution in [2.24, 2.45) is 10.3 Å². The Hall–Kier alpha value is -1.69. The quantitative estimate of drug-likeness (QED) is 0.805. The number of hydrogen-bond donors (Lipinski definition) is 2. The Morgan fingerprint density at radius 2 is 1.75 bits per heavy atom. The fourth-order valence-corrected chi connectivity index (χ4v) is 4.15. The van der Waals surface area contributed by atoms with Gasteiger partial charge in [-0.15, -0.1) is 4.09 Å². The van der Waals surface area contributed by atoms with Crippen LogP contribution in [0.25, 0.3) is 10.9 Å². The van der Waals surface area contributed by atoms with E-state index in [4.69, 9.17) is 10.3 Å². The molecule has 9 nitrogen and oxygen atoms in total. The standard InChI is InChI=1S/C13H18N4O5S2/c14-23(18,19)17-12-8-10(22-24(15,20)21)6-7-11(12)13(16-17)9-4-2-1-3-5-9/h6-9H,1-5H2,(H2,14,18,19)(H2,15,20,21). The number of nitrogens with zero attached hydrogens (tertiary/aromatic N) is 2. The molecule has 1 saturated carbocycles. The van der Waals surface area contributed by atoms with E-state index in [-0.39, 0.29) is 17.2 Å². The summed E-state index contributed by atoms with van der Waals surface area (Å²) in [4.78, 5) is 0. The summed E-state index contributed by atoms with van der Waals surface area (Å²) in [5.41, 5.74) is 0.820. The molecule has 0 atom stereocenters. The summed E-state index contributed by atoms with van der Waals surface area (Å²) in [5, 5.41) is 14.9. The molecule has 2 aromatic rings. The van der Waals surface area contributed by atoms with Crippen molar-refractivity contribution in [3.63, 3.8) is 0 Å². The van der Waals surface area contributed by atoms with E-state index in [1.807, 2.05) is 0 Å². The van der Waals surface area contributed by atoms with E-state index in [2.05, 4.69) is 9.28 Å². The average molecular weight is 374 g/mol. The van der Waals surface area contributed by atoms with Crippen LogP contribution in [-0.4, -0.2) is 26.0 Å². The zero-order chi connectivity index (χ0) is 17.5. The van der Waals surface area contributed by atoms with Gasteiger partial charge in [0.1, 0.15) is 5.75 Å². The number of aromatic nitrogens is 2. The van der Waals surface area contributed by atoms with Crippen LogP contribution >= 0.6 is 0 Å². The Bertz CT molecular complexity index is 975. The maximum Gasteiger partial charge on any atom is 0.380 e. The molecular formula is C13H18N4O5S2. The molecule has 132 valence electrons. The van der Waals surface area contributed by atoms with E-state index in [1.54, 1.807) is 6.07 Å². The summed E-state index contributed by atoms with van der Waals surface area (Å²) in [6, 6.07) is 4.24. The molecule has 0 unspecified atom stereocenters. The van der Waals surface area contributed by atoms with E-state index in [1.165, 1.54) is 12.1 Å². The fourth-order valence-electron chi connectivity index (χ4n) is 3.15. The number of rotatable bonds is 4. The van der Waals surface area contributed by atoms with Gasteiger partial charge in [-0.1, -0.05) is 19.3 Å². The molecule has 1 aliphatic carbocycles. The minimum atomic E-state index is -4.22. The molecule has 3 rings (SSSR count). The highest BCUT2D eigenvalue weighted by Crippen LogP contribution is 2.37. The summed E-state index contributed by atoms with van der Waals surface area (Å²) in [6.45, 7) is 0. The molecule has 4 N–H and O–H groups in total. The van der Waals surface area contributed by atoms with Gasteiger partial charge >= 0.3 is 20.5 Å². The van der Waals surface area contributed by atoms with Crippen LogP contribution in [0.3, 0.4) is 0 Å². The highest BCUT2D eigenvalue weighted by Gasteiger charge is 2.25. The number of benzene rings is 1. The predicted molar refractivity (Wildman–Crippen MR) is 87.8 cm³/mol. The summed E-state index contributed by atoms with van der Waals surface area (Å²) >= 11 is 0. The fraction of sp³-hybridized carbons (Fsp3) is 0.462. The van der Waals surface area contributed by atoms with Gasteiger partial charge < -0.3 is 4.18 Å². The Morgan fingerprint density at radius 1 is 1.08 bits per heavy atom. The van der Waals surface area contributed by atoms with Crippen LogP contribution in [0, 0.1) is 0 Å². The zero-order valence-electron chi connectivity index (χ0n) is 12.8. The molecule has 1 aromatic heterocycles. The first-order valence-electron chi connectivity index (χ1n) is 7.43. The molecule has 1 aliphatic rings. The average Bonchev–Trinajstić information content (AvgIpc) is 2.85. The molecule has 1 heterocycles. The summed E-state index contributed by atoms with van der Waals surface area (Å²) < 4.78 is 51.1. The summed E-state index contributed by atoms with van der Waals surface area (Å²) in [5.74, 6) is 0.0410. The summed E-state index contributed by atoms with van der Waals surface area (Å²) in [7, 11) is -8.36. The monoisotopic (exact) mass is 374 g/mol. The SMILES string of the molecule is NS(=O)(=O)Oc1ccc2c(C3CCCCC3)nn(S(N)(=O)=O)c2c1. The molecule has 0 amide bonds. The van der Waals surface area contributed by atoms with Gasteiger partial charge in [-0.3, -0.25) is 0 Å². The second-order valence-corrected chi connectivity index (χ2v) is 8.39. The Balaban J connectivity index is 2.17. The molecule has 0 spiro atoms. The maximum absolute atomic E-state index is 11.8. The van der Waals surface area contributed by atoms with Crippen molar-refractivity contribution in [1.29, 1.82) is 0 Å². The normalized spacial score (nSPS) is 17.2. The Morgan fingerprint density at radius 3 is 2.33 bits per heavy atom. The van der Waals surface area contributed by atoms with Crippen molar-refractivity contribution in [3.8, 4) is 5.75 Å². The van der Waals surface area contributed by atoms with Crippen LogP contribution in [0.15, 0.2) is 18.2 Å². The number of hydrogen-bond acceptors (Lipinski definition) is 6. The van der Waals surface area contributed by atoms with Gasteiger partial charge in [-0.2, -0.15) is 27.1 Å². The van der Waals surface area contributed by atoms with Crippen LogP contribution in [-0.2, 0) is 20.5 Å². The third-order valence-corrected chi connectivity index (χ3v) is 5.28.